The van der Waals surface area contributed by atoms with E-state index >= 15 is 0 Å². The summed E-state index contributed by atoms with van der Waals surface area (Å²) in [5, 5.41) is 2.41. The number of hydroxylamine groups is 2. The molecule has 0 radical (unpaired) electrons. The number of nitrogens with zero attached hydrogens (tertiary/aromatic N) is 2. The first-order valence-corrected chi connectivity index (χ1v) is 21.4. The van der Waals surface area contributed by atoms with Crippen LogP contribution < -0.4 is 21.6 Å². The molecule has 3 aromatic carbocycles. The van der Waals surface area contributed by atoms with E-state index in [1.54, 1.807) is 31.2 Å². The maximum Gasteiger partial charge on any atom is 0.330 e. The molecule has 2 aliphatic rings. The van der Waals surface area contributed by atoms with Gasteiger partial charge < -0.3 is 18.6 Å². The molecule has 1 N–H and O–H groups in total. The van der Waals surface area contributed by atoms with Gasteiger partial charge >= 0.3 is 5.69 Å². The van der Waals surface area contributed by atoms with Gasteiger partial charge in [-0.2, -0.15) is 0 Å². The van der Waals surface area contributed by atoms with Crippen molar-refractivity contribution in [1.29, 1.82) is 0 Å². The number of carbonyl (C=O) groups is 2. The maximum atomic E-state index is 13.8. The molecule has 3 heterocycles. The predicted molar refractivity (Wildman–Crippen MR) is 215 cm³/mol. The van der Waals surface area contributed by atoms with Crippen molar-refractivity contribution in [3.63, 3.8) is 0 Å². The van der Waals surface area contributed by atoms with Gasteiger partial charge in [0, 0.05) is 25.0 Å². The lowest BCUT2D eigenvalue weighted by Gasteiger charge is -2.45. The monoisotopic (exact) mass is 783 g/mol. The van der Waals surface area contributed by atoms with E-state index in [0.29, 0.717) is 13.0 Å². The predicted octanol–water partition coefficient (Wildman–Crippen LogP) is 5.29. The highest BCUT2D eigenvalue weighted by molar-refractivity contribution is 6.99. The van der Waals surface area contributed by atoms with Gasteiger partial charge in [-0.3, -0.25) is 28.8 Å². The number of ether oxygens (including phenoxy) is 3. The average Bonchev–Trinajstić information content (AvgIpc) is 3.61. The molecule has 4 aromatic rings. The minimum absolute atomic E-state index is 0.0302. The van der Waals surface area contributed by atoms with Gasteiger partial charge in [-0.25, -0.2) is 4.79 Å². The van der Waals surface area contributed by atoms with Gasteiger partial charge in [-0.05, 0) is 47.3 Å². The van der Waals surface area contributed by atoms with Crippen LogP contribution in [-0.4, -0.2) is 79.0 Å². The summed E-state index contributed by atoms with van der Waals surface area (Å²) in [6.45, 7) is 12.8. The molecule has 12 nitrogen and oxygen atoms in total. The molecule has 0 bridgehead atoms. The number of carbonyl (C=O) groups excluding carboxylic acids is 2. The summed E-state index contributed by atoms with van der Waals surface area (Å²) in [6.07, 6.45) is 0.958. The number of H-pyrrole nitrogens is 1. The van der Waals surface area contributed by atoms with E-state index in [-0.39, 0.29) is 36.5 Å². The Morgan fingerprint density at radius 1 is 0.786 bits per heavy atom. The molecule has 1 saturated heterocycles. The number of unbranched alkanes of at least 4 members (excludes halogenated alkanes) is 2. The third-order valence-corrected chi connectivity index (χ3v) is 15.6. The van der Waals surface area contributed by atoms with Crippen LogP contribution in [0.1, 0.15) is 92.8 Å². The first-order valence-electron chi connectivity index (χ1n) is 19.5. The van der Waals surface area contributed by atoms with Crippen molar-refractivity contribution < 1.29 is 33.1 Å². The van der Waals surface area contributed by atoms with Gasteiger partial charge in [0.2, 0.25) is 0 Å². The molecular weight excluding hydrogens is 731 g/mol. The van der Waals surface area contributed by atoms with Crippen LogP contribution >= 0.6 is 0 Å². The van der Waals surface area contributed by atoms with Gasteiger partial charge in [0.25, 0.3) is 25.7 Å². The second kappa shape index (κ2) is 17.3. The number of hydrogen-bond donors (Lipinski definition) is 1. The van der Waals surface area contributed by atoms with E-state index < -0.39 is 60.5 Å². The summed E-state index contributed by atoms with van der Waals surface area (Å²) in [5.74, 6) is -1.30. The Balaban J connectivity index is 1.53. The van der Waals surface area contributed by atoms with Crippen LogP contribution in [0.15, 0.2) is 101 Å². The highest BCUT2D eigenvalue weighted by Crippen LogP contribution is 2.45. The fourth-order valence-electron chi connectivity index (χ4n) is 7.66. The standard InChI is InChI=1S/C43H53N3O9Si/c1-7-9-25-51-28-43(29-53-56(42(4,5)6,31-19-13-11-14-20-31)32-21-15-12-16-22-32)36(52-26-10-8-2)35(40(54-43)45-27-30(3)37(47)44-41(45)50)55-46-38(48)33-23-17-18-24-34(33)39(46)49/h11-24,27,35-36,40H,7-10,25-26,28-29H2,1-6H3,(H,44,47,50)/t35?,36?,40-,43+/m1/s1. The second-order valence-electron chi connectivity index (χ2n) is 15.6. The zero-order chi connectivity index (χ0) is 40.1. The van der Waals surface area contributed by atoms with Gasteiger partial charge in [-0.15, -0.1) is 5.06 Å². The number of aromatic amines is 1. The fourth-order valence-corrected chi connectivity index (χ4v) is 12.3. The van der Waals surface area contributed by atoms with Gasteiger partial charge in [0.1, 0.15) is 11.7 Å². The molecule has 56 heavy (non-hydrogen) atoms. The zero-order valence-corrected chi connectivity index (χ0v) is 34.1. The lowest BCUT2D eigenvalue weighted by molar-refractivity contribution is -0.186. The summed E-state index contributed by atoms with van der Waals surface area (Å²) < 4.78 is 29.0. The van der Waals surface area contributed by atoms with Crippen molar-refractivity contribution in [3.8, 4) is 0 Å². The van der Waals surface area contributed by atoms with Crippen LogP contribution in [0.4, 0.5) is 0 Å². The second-order valence-corrected chi connectivity index (χ2v) is 19.9. The molecule has 0 saturated carbocycles. The Morgan fingerprint density at radius 3 is 1.89 bits per heavy atom. The number of benzene rings is 3. The minimum atomic E-state index is -3.20. The molecule has 4 atom stereocenters. The van der Waals surface area contributed by atoms with Gasteiger partial charge in [0.15, 0.2) is 12.3 Å². The summed E-state index contributed by atoms with van der Waals surface area (Å²) in [4.78, 5) is 62.8. The number of nitrogens with one attached hydrogen (secondary N) is 1. The van der Waals surface area contributed by atoms with Crippen molar-refractivity contribution >= 4 is 30.5 Å². The van der Waals surface area contributed by atoms with Crippen LogP contribution in [0.5, 0.6) is 0 Å². The van der Waals surface area contributed by atoms with Crippen molar-refractivity contribution in [1.82, 2.24) is 14.6 Å². The third-order valence-electron chi connectivity index (χ3n) is 10.6. The molecule has 2 aliphatic heterocycles. The number of amides is 2. The molecule has 13 heteroatoms. The van der Waals surface area contributed by atoms with Gasteiger partial charge in [0.05, 0.1) is 24.3 Å². The van der Waals surface area contributed by atoms with E-state index in [1.807, 2.05) is 43.3 Å². The average molecular weight is 784 g/mol. The normalized spacial score (nSPS) is 21.2. The molecule has 1 aromatic heterocycles. The molecule has 1 fully saturated rings. The third kappa shape index (κ3) is 7.89. The number of aryl methyl sites for hydroxylation is 1. The Hall–Kier alpha value is -4.50. The van der Waals surface area contributed by atoms with Crippen molar-refractivity contribution in [2.24, 2.45) is 0 Å². The number of aromatic nitrogens is 2. The van der Waals surface area contributed by atoms with Crippen molar-refractivity contribution in [3.05, 3.63) is 129 Å². The van der Waals surface area contributed by atoms with Crippen LogP contribution in [0.25, 0.3) is 0 Å². The minimum Gasteiger partial charge on any atom is -0.404 e. The number of hydrogen-bond acceptors (Lipinski definition) is 9. The smallest absolute Gasteiger partial charge is 0.330 e. The molecule has 298 valence electrons. The Morgan fingerprint density at radius 2 is 1.34 bits per heavy atom. The number of imide groups is 1. The van der Waals surface area contributed by atoms with Crippen LogP contribution in [0.2, 0.25) is 5.04 Å². The molecule has 6 rings (SSSR count). The van der Waals surface area contributed by atoms with E-state index in [0.717, 1.165) is 34.7 Å². The van der Waals surface area contributed by atoms with Crippen molar-refractivity contribution in [2.45, 2.75) is 96.3 Å². The highest BCUT2D eigenvalue weighted by Gasteiger charge is 2.62. The maximum absolute atomic E-state index is 13.8. The topological polar surface area (TPSA) is 138 Å². The Labute approximate surface area is 328 Å². The Bertz CT molecular complexity index is 2020. The van der Waals surface area contributed by atoms with E-state index in [1.165, 1.54) is 10.8 Å². The summed E-state index contributed by atoms with van der Waals surface area (Å²) in [7, 11) is -3.20. The first kappa shape index (κ1) is 41.1. The fraction of sp³-hybridized carbons (Fsp3) is 0.442. The van der Waals surface area contributed by atoms with Gasteiger partial charge in [-0.1, -0.05) is 120 Å². The van der Waals surface area contributed by atoms with E-state index in [9.17, 15) is 19.2 Å². The zero-order valence-electron chi connectivity index (χ0n) is 33.1. The van der Waals surface area contributed by atoms with Crippen LogP contribution in [0, 0.1) is 6.92 Å². The molecule has 2 amide bonds. The van der Waals surface area contributed by atoms with Crippen LogP contribution in [0.3, 0.4) is 0 Å². The highest BCUT2D eigenvalue weighted by atomic mass is 28.4. The molecule has 0 spiro atoms. The largest absolute Gasteiger partial charge is 0.404 e. The van der Waals surface area contributed by atoms with Crippen LogP contribution in [-0.2, 0) is 23.5 Å². The number of rotatable bonds is 17. The van der Waals surface area contributed by atoms with E-state index in [2.05, 4.69) is 56.9 Å². The molecular formula is C43H53N3O9Si. The summed E-state index contributed by atoms with van der Waals surface area (Å²) in [6, 6.07) is 26.9. The summed E-state index contributed by atoms with van der Waals surface area (Å²) in [5.41, 5.74) is -2.13. The quantitative estimate of drug-likeness (QED) is 0.0861. The Kier molecular flexibility index (Phi) is 12.7. The lowest BCUT2D eigenvalue weighted by Crippen LogP contribution is -2.68. The molecule has 0 aliphatic carbocycles. The molecule has 2 unspecified atom stereocenters. The lowest BCUT2D eigenvalue weighted by atomic mass is 9.96. The summed E-state index contributed by atoms with van der Waals surface area (Å²) >= 11 is 0. The number of fused-ring (bicyclic) bond motifs is 1. The SMILES string of the molecule is CCCCOC[C@@]1(CO[Si](c2ccccc2)(c2ccccc2)C(C)(C)C)O[C@@H](n2cc(C)c(=O)[nH]c2=O)C(ON2C(=O)c3ccccc3C2=O)C1OCCCC. The van der Waals surface area contributed by atoms with Crippen molar-refractivity contribution in [2.75, 3.05) is 26.4 Å². The first-order chi connectivity index (χ1) is 26.9. The van der Waals surface area contributed by atoms with E-state index in [4.69, 9.17) is 23.5 Å².